The lowest BCUT2D eigenvalue weighted by Gasteiger charge is -2.37. The fraction of sp³-hybridized carbons (Fsp3) is 1.00. The average Bonchev–Trinajstić information content (AvgIpc) is 2.45. The fourth-order valence-corrected chi connectivity index (χ4v) is 3.13. The maximum Gasteiger partial charge on any atom is 0.0195 e. The molecule has 1 N–H and O–H groups in total. The second-order valence-corrected chi connectivity index (χ2v) is 6.24. The van der Waals surface area contributed by atoms with Gasteiger partial charge in [0.1, 0.15) is 0 Å². The zero-order chi connectivity index (χ0) is 13.5. The summed E-state index contributed by atoms with van der Waals surface area (Å²) in [6, 6.07) is 0.737. The molecule has 0 aromatic heterocycles. The number of rotatable bonds is 6. The van der Waals surface area contributed by atoms with Crippen molar-refractivity contribution < 1.29 is 0 Å². The third kappa shape index (κ3) is 5.38. The van der Waals surface area contributed by atoms with Crippen LogP contribution in [0, 0.1) is 0 Å². The summed E-state index contributed by atoms with van der Waals surface area (Å²) in [5.74, 6) is 0. The minimum Gasteiger partial charge on any atom is -0.313 e. The quantitative estimate of drug-likeness (QED) is 0.765. The van der Waals surface area contributed by atoms with Crippen LogP contribution in [0.1, 0.15) is 26.2 Å². The molecule has 4 heteroatoms. The highest BCUT2D eigenvalue weighted by Gasteiger charge is 2.20. The van der Waals surface area contributed by atoms with E-state index in [1.165, 1.54) is 78.2 Å². The van der Waals surface area contributed by atoms with E-state index in [-0.39, 0.29) is 0 Å². The minimum atomic E-state index is 0.737. The monoisotopic (exact) mass is 268 g/mol. The molecule has 0 amide bonds. The molecule has 2 aliphatic rings. The molecule has 2 aliphatic heterocycles. The number of hydrogen-bond acceptors (Lipinski definition) is 4. The summed E-state index contributed by atoms with van der Waals surface area (Å²) in [4.78, 5) is 7.72. The Balaban J connectivity index is 1.62. The van der Waals surface area contributed by atoms with Crippen molar-refractivity contribution in [2.75, 3.05) is 66.0 Å². The Hall–Kier alpha value is -0.160. The molecule has 0 aromatic rings. The number of piperidine rings is 1. The summed E-state index contributed by atoms with van der Waals surface area (Å²) >= 11 is 0. The molecule has 112 valence electrons. The van der Waals surface area contributed by atoms with Crippen molar-refractivity contribution in [3.05, 3.63) is 0 Å². The predicted octanol–water partition coefficient (Wildman–Crippen LogP) is 0.698. The summed E-state index contributed by atoms with van der Waals surface area (Å²) < 4.78 is 0. The fourth-order valence-electron chi connectivity index (χ4n) is 3.13. The van der Waals surface area contributed by atoms with Crippen LogP contribution in [0.15, 0.2) is 0 Å². The van der Waals surface area contributed by atoms with Crippen LogP contribution >= 0.6 is 0 Å². The Morgan fingerprint density at radius 2 is 1.74 bits per heavy atom. The van der Waals surface area contributed by atoms with Crippen LogP contribution in [0.25, 0.3) is 0 Å². The van der Waals surface area contributed by atoms with Gasteiger partial charge in [-0.2, -0.15) is 0 Å². The predicted molar refractivity (Wildman–Crippen MR) is 81.7 cm³/mol. The van der Waals surface area contributed by atoms with Gasteiger partial charge in [-0.25, -0.2) is 0 Å². The lowest BCUT2D eigenvalue weighted by atomic mass is 10.1. The SMILES string of the molecule is CCCNC1CCCN(CCN2CCN(C)CC2)C1. The van der Waals surface area contributed by atoms with E-state index < -0.39 is 0 Å². The molecular weight excluding hydrogens is 236 g/mol. The van der Waals surface area contributed by atoms with Gasteiger partial charge in [0.05, 0.1) is 0 Å². The standard InChI is InChI=1S/C15H32N4/c1-3-6-16-15-5-4-7-19(14-15)13-12-18-10-8-17(2)9-11-18/h15-16H,3-14H2,1-2H3. The first-order chi connectivity index (χ1) is 9.28. The van der Waals surface area contributed by atoms with Crippen molar-refractivity contribution >= 4 is 0 Å². The average molecular weight is 268 g/mol. The van der Waals surface area contributed by atoms with Gasteiger partial charge in [0.2, 0.25) is 0 Å². The van der Waals surface area contributed by atoms with Crippen molar-refractivity contribution in [1.29, 1.82) is 0 Å². The largest absolute Gasteiger partial charge is 0.313 e. The van der Waals surface area contributed by atoms with Crippen molar-refractivity contribution in [3.63, 3.8) is 0 Å². The topological polar surface area (TPSA) is 21.8 Å². The Labute approximate surface area is 119 Å². The van der Waals surface area contributed by atoms with Crippen LogP contribution in [0.2, 0.25) is 0 Å². The second kappa shape index (κ2) is 8.20. The van der Waals surface area contributed by atoms with Crippen molar-refractivity contribution in [2.45, 2.75) is 32.2 Å². The highest BCUT2D eigenvalue weighted by molar-refractivity contribution is 4.79. The highest BCUT2D eigenvalue weighted by Crippen LogP contribution is 2.10. The third-order valence-electron chi connectivity index (χ3n) is 4.52. The molecule has 0 saturated carbocycles. The molecular formula is C15H32N4. The number of likely N-dealkylation sites (N-methyl/N-ethyl adjacent to an activating group) is 1. The summed E-state index contributed by atoms with van der Waals surface area (Å²) in [5.41, 5.74) is 0. The van der Waals surface area contributed by atoms with E-state index in [4.69, 9.17) is 0 Å². The Morgan fingerprint density at radius 3 is 2.47 bits per heavy atom. The first-order valence-corrected chi connectivity index (χ1v) is 8.14. The van der Waals surface area contributed by atoms with E-state index in [0.29, 0.717) is 0 Å². The molecule has 1 unspecified atom stereocenters. The zero-order valence-electron chi connectivity index (χ0n) is 12.9. The summed E-state index contributed by atoms with van der Waals surface area (Å²) in [7, 11) is 2.23. The smallest absolute Gasteiger partial charge is 0.0195 e. The molecule has 0 spiro atoms. The third-order valence-corrected chi connectivity index (χ3v) is 4.52. The summed E-state index contributed by atoms with van der Waals surface area (Å²) in [6.07, 6.45) is 3.98. The van der Waals surface area contributed by atoms with Gasteiger partial charge in [0.15, 0.2) is 0 Å². The maximum atomic E-state index is 3.68. The molecule has 2 fully saturated rings. The van der Waals surface area contributed by atoms with Crippen LogP contribution in [-0.4, -0.2) is 86.7 Å². The summed E-state index contributed by atoms with van der Waals surface area (Å²) in [6.45, 7) is 13.5. The number of nitrogens with one attached hydrogen (secondary N) is 1. The lowest BCUT2D eigenvalue weighted by molar-refractivity contribution is 0.121. The van der Waals surface area contributed by atoms with Gasteiger partial charge in [-0.1, -0.05) is 6.92 Å². The summed E-state index contributed by atoms with van der Waals surface area (Å²) in [5, 5.41) is 3.68. The molecule has 4 nitrogen and oxygen atoms in total. The molecule has 19 heavy (non-hydrogen) atoms. The molecule has 2 saturated heterocycles. The van der Waals surface area contributed by atoms with E-state index in [1.807, 2.05) is 0 Å². The lowest BCUT2D eigenvalue weighted by Crippen LogP contribution is -2.50. The Kier molecular flexibility index (Phi) is 6.57. The zero-order valence-corrected chi connectivity index (χ0v) is 12.9. The van der Waals surface area contributed by atoms with Gasteiger partial charge >= 0.3 is 0 Å². The molecule has 0 bridgehead atoms. The van der Waals surface area contributed by atoms with E-state index in [0.717, 1.165) is 6.04 Å². The van der Waals surface area contributed by atoms with Gasteiger partial charge in [-0.05, 0) is 39.4 Å². The molecule has 0 radical (unpaired) electrons. The molecule has 0 aromatic carbocycles. The molecule has 1 atom stereocenters. The van der Waals surface area contributed by atoms with Crippen molar-refractivity contribution in [3.8, 4) is 0 Å². The van der Waals surface area contributed by atoms with Crippen molar-refractivity contribution in [1.82, 2.24) is 20.0 Å². The van der Waals surface area contributed by atoms with Crippen molar-refractivity contribution in [2.24, 2.45) is 0 Å². The van der Waals surface area contributed by atoms with Gasteiger partial charge in [0.25, 0.3) is 0 Å². The number of hydrogen-bond donors (Lipinski definition) is 1. The van der Waals surface area contributed by atoms with Crippen LogP contribution in [0.5, 0.6) is 0 Å². The van der Waals surface area contributed by atoms with Gasteiger partial charge in [-0.15, -0.1) is 0 Å². The van der Waals surface area contributed by atoms with Gasteiger partial charge < -0.3 is 15.1 Å². The maximum absolute atomic E-state index is 3.68. The second-order valence-electron chi connectivity index (χ2n) is 6.24. The van der Waals surface area contributed by atoms with E-state index in [2.05, 4.69) is 34.0 Å². The van der Waals surface area contributed by atoms with E-state index in [1.54, 1.807) is 0 Å². The van der Waals surface area contributed by atoms with Gasteiger partial charge in [0, 0.05) is 51.9 Å². The molecule has 0 aliphatic carbocycles. The Bertz CT molecular complexity index is 238. The first-order valence-electron chi connectivity index (χ1n) is 8.14. The number of nitrogens with zero attached hydrogens (tertiary/aromatic N) is 3. The number of likely N-dealkylation sites (tertiary alicyclic amines) is 1. The van der Waals surface area contributed by atoms with Crippen LogP contribution < -0.4 is 5.32 Å². The van der Waals surface area contributed by atoms with Crippen LogP contribution in [-0.2, 0) is 0 Å². The van der Waals surface area contributed by atoms with Crippen LogP contribution in [0.4, 0.5) is 0 Å². The Morgan fingerprint density at radius 1 is 1.00 bits per heavy atom. The highest BCUT2D eigenvalue weighted by atomic mass is 15.3. The van der Waals surface area contributed by atoms with Crippen LogP contribution in [0.3, 0.4) is 0 Å². The normalized spacial score (nSPS) is 27.8. The van der Waals surface area contributed by atoms with E-state index >= 15 is 0 Å². The molecule has 2 heterocycles. The first kappa shape index (κ1) is 15.2. The number of piperazine rings is 1. The van der Waals surface area contributed by atoms with E-state index in [9.17, 15) is 0 Å². The van der Waals surface area contributed by atoms with Gasteiger partial charge in [-0.3, -0.25) is 4.90 Å². The molecule has 2 rings (SSSR count). The minimum absolute atomic E-state index is 0.737.